The molecule has 0 unspecified atom stereocenters. The third-order valence-electron chi connectivity index (χ3n) is 3.40. The molecule has 6 nitrogen and oxygen atoms in total. The van der Waals surface area contributed by atoms with E-state index in [2.05, 4.69) is 0 Å². The van der Waals surface area contributed by atoms with Crippen LogP contribution in [-0.4, -0.2) is 28.6 Å². The maximum atomic E-state index is 11.5. The number of nitrogens with zero attached hydrogens (tertiary/aromatic N) is 1. The van der Waals surface area contributed by atoms with E-state index in [0.717, 1.165) is 19.3 Å². The van der Waals surface area contributed by atoms with E-state index in [0.29, 0.717) is 17.9 Å². The smallest absolute Gasteiger partial charge is 0.330 e. The molecule has 0 aromatic rings. The molecule has 0 aliphatic carbocycles. The molecule has 1 fully saturated rings. The number of hydrogen-bond donors (Lipinski definition) is 0. The number of Topliss-reactive ketones (excluding diaryl/α,β-unsaturated/α-hetero) is 1. The minimum atomic E-state index is -0.558. The Hall–Kier alpha value is -1.72. The monoisotopic (exact) mass is 297 g/mol. The first-order valence-electron chi connectivity index (χ1n) is 7.51. The van der Waals surface area contributed by atoms with Crippen LogP contribution < -0.4 is 0 Å². The fourth-order valence-electron chi connectivity index (χ4n) is 2.02. The van der Waals surface area contributed by atoms with Gasteiger partial charge < -0.3 is 4.84 Å². The van der Waals surface area contributed by atoms with Gasteiger partial charge in [-0.1, -0.05) is 26.7 Å². The maximum absolute atomic E-state index is 11.5. The van der Waals surface area contributed by atoms with Crippen molar-refractivity contribution in [2.75, 3.05) is 0 Å². The highest BCUT2D eigenvalue weighted by atomic mass is 16.7. The summed E-state index contributed by atoms with van der Waals surface area (Å²) in [6.45, 7) is 3.78. The summed E-state index contributed by atoms with van der Waals surface area (Å²) in [7, 11) is 0. The van der Waals surface area contributed by atoms with Crippen LogP contribution in [0, 0.1) is 5.92 Å². The third kappa shape index (κ3) is 6.06. The van der Waals surface area contributed by atoms with Crippen molar-refractivity contribution in [2.45, 2.75) is 65.2 Å². The first-order chi connectivity index (χ1) is 9.91. The average molecular weight is 297 g/mol. The normalized spacial score (nSPS) is 14.9. The fourth-order valence-corrected chi connectivity index (χ4v) is 2.02. The molecule has 118 valence electrons. The van der Waals surface area contributed by atoms with Gasteiger partial charge >= 0.3 is 5.97 Å². The lowest BCUT2D eigenvalue weighted by atomic mass is 10.0. The Kier molecular flexibility index (Phi) is 7.05. The van der Waals surface area contributed by atoms with E-state index in [9.17, 15) is 19.2 Å². The number of imide groups is 1. The zero-order chi connectivity index (χ0) is 15.8. The van der Waals surface area contributed by atoms with E-state index < -0.39 is 17.8 Å². The Labute approximate surface area is 124 Å². The molecule has 6 heteroatoms. The number of hydroxylamine groups is 2. The van der Waals surface area contributed by atoms with E-state index >= 15 is 0 Å². The van der Waals surface area contributed by atoms with E-state index in [1.54, 1.807) is 0 Å². The van der Waals surface area contributed by atoms with Crippen LogP contribution in [0.3, 0.4) is 0 Å². The molecule has 1 aliphatic heterocycles. The molecule has 0 saturated carbocycles. The molecule has 1 heterocycles. The highest BCUT2D eigenvalue weighted by Gasteiger charge is 2.32. The number of unbranched alkanes of at least 4 members (excludes halogenated alkanes) is 3. The molecule has 0 aromatic carbocycles. The van der Waals surface area contributed by atoms with Crippen LogP contribution in [0.25, 0.3) is 0 Å². The van der Waals surface area contributed by atoms with Crippen molar-refractivity contribution in [1.29, 1.82) is 0 Å². The molecule has 1 aliphatic rings. The minimum absolute atomic E-state index is 0.0792. The second kappa shape index (κ2) is 8.54. The second-order valence-electron chi connectivity index (χ2n) is 5.58. The molecule has 0 bridgehead atoms. The summed E-state index contributed by atoms with van der Waals surface area (Å²) in [4.78, 5) is 50.1. The quantitative estimate of drug-likeness (QED) is 0.481. The summed E-state index contributed by atoms with van der Waals surface area (Å²) in [6.07, 6.45) is 4.13. The molecule has 0 N–H and O–H groups in total. The Morgan fingerprint density at radius 3 is 2.05 bits per heavy atom. The van der Waals surface area contributed by atoms with Gasteiger partial charge in [0.05, 0.1) is 0 Å². The summed E-state index contributed by atoms with van der Waals surface area (Å²) in [5, 5.41) is 0.573. The van der Waals surface area contributed by atoms with E-state index in [1.807, 2.05) is 13.8 Å². The Balaban J connectivity index is 2.07. The molecule has 0 spiro atoms. The second-order valence-corrected chi connectivity index (χ2v) is 5.58. The van der Waals surface area contributed by atoms with E-state index in [4.69, 9.17) is 4.84 Å². The van der Waals surface area contributed by atoms with Gasteiger partial charge in [-0.25, -0.2) is 4.79 Å². The number of carbonyl (C=O) groups excluding carboxylic acids is 4. The summed E-state index contributed by atoms with van der Waals surface area (Å²) in [5.74, 6) is -1.13. The van der Waals surface area contributed by atoms with Crippen molar-refractivity contribution in [1.82, 2.24) is 5.06 Å². The van der Waals surface area contributed by atoms with Crippen LogP contribution in [0.15, 0.2) is 0 Å². The zero-order valence-corrected chi connectivity index (χ0v) is 12.7. The van der Waals surface area contributed by atoms with Crippen LogP contribution in [0.1, 0.15) is 65.2 Å². The van der Waals surface area contributed by atoms with Crippen molar-refractivity contribution < 1.29 is 24.0 Å². The Morgan fingerprint density at radius 2 is 1.52 bits per heavy atom. The average Bonchev–Trinajstić information content (AvgIpc) is 2.74. The maximum Gasteiger partial charge on any atom is 0.333 e. The number of carbonyl (C=O) groups is 4. The first-order valence-corrected chi connectivity index (χ1v) is 7.51. The SMILES string of the molecule is CC(C)C(=O)CCCCCCC(=O)ON1C(=O)CCC1=O. The molecular formula is C15H23NO5. The zero-order valence-electron chi connectivity index (χ0n) is 12.7. The molecule has 0 atom stereocenters. The van der Waals surface area contributed by atoms with Gasteiger partial charge in [0.2, 0.25) is 0 Å². The minimum Gasteiger partial charge on any atom is -0.330 e. The number of rotatable bonds is 9. The van der Waals surface area contributed by atoms with Crippen molar-refractivity contribution >= 4 is 23.6 Å². The van der Waals surface area contributed by atoms with Crippen LogP contribution in [0.4, 0.5) is 0 Å². The van der Waals surface area contributed by atoms with Crippen LogP contribution in [0.2, 0.25) is 0 Å². The van der Waals surface area contributed by atoms with Crippen molar-refractivity contribution in [3.8, 4) is 0 Å². The highest BCUT2D eigenvalue weighted by molar-refractivity contribution is 6.01. The molecule has 0 aromatic heterocycles. The van der Waals surface area contributed by atoms with Gasteiger partial charge in [0.15, 0.2) is 0 Å². The van der Waals surface area contributed by atoms with Gasteiger partial charge in [0.1, 0.15) is 5.78 Å². The van der Waals surface area contributed by atoms with Crippen LogP contribution in [-0.2, 0) is 24.0 Å². The van der Waals surface area contributed by atoms with Gasteiger partial charge in [0, 0.05) is 31.6 Å². The van der Waals surface area contributed by atoms with Gasteiger partial charge in [-0.05, 0) is 12.8 Å². The van der Waals surface area contributed by atoms with E-state index in [-0.39, 0.29) is 31.0 Å². The van der Waals surface area contributed by atoms with Gasteiger partial charge in [0.25, 0.3) is 11.8 Å². The van der Waals surface area contributed by atoms with E-state index in [1.165, 1.54) is 0 Å². The lowest BCUT2D eigenvalue weighted by Gasteiger charge is -2.12. The lowest BCUT2D eigenvalue weighted by Crippen LogP contribution is -2.31. The summed E-state index contributed by atoms with van der Waals surface area (Å²) in [6, 6.07) is 0. The standard InChI is InChI=1S/C15H23NO5/c1-11(2)12(17)7-5-3-4-6-8-15(20)21-16-13(18)9-10-14(16)19/h11H,3-10H2,1-2H3. The molecule has 2 amide bonds. The van der Waals surface area contributed by atoms with Crippen LogP contribution in [0.5, 0.6) is 0 Å². The first kappa shape index (κ1) is 17.3. The largest absolute Gasteiger partial charge is 0.333 e. The Morgan fingerprint density at radius 1 is 1.00 bits per heavy atom. The molecule has 1 rings (SSSR count). The molecule has 1 saturated heterocycles. The van der Waals surface area contributed by atoms with Crippen LogP contribution >= 0.6 is 0 Å². The predicted molar refractivity (Wildman–Crippen MR) is 74.7 cm³/mol. The molecule has 0 radical (unpaired) electrons. The van der Waals surface area contributed by atoms with Gasteiger partial charge in [-0.3, -0.25) is 14.4 Å². The van der Waals surface area contributed by atoms with Crippen molar-refractivity contribution in [3.05, 3.63) is 0 Å². The fraction of sp³-hybridized carbons (Fsp3) is 0.733. The Bertz CT molecular complexity index is 400. The predicted octanol–water partition coefficient (Wildman–Crippen LogP) is 2.16. The summed E-state index contributed by atoms with van der Waals surface area (Å²) >= 11 is 0. The van der Waals surface area contributed by atoms with Gasteiger partial charge in [-0.2, -0.15) is 0 Å². The number of amides is 2. The lowest BCUT2D eigenvalue weighted by molar-refractivity contribution is -0.197. The highest BCUT2D eigenvalue weighted by Crippen LogP contribution is 2.14. The van der Waals surface area contributed by atoms with Crippen molar-refractivity contribution in [2.24, 2.45) is 5.92 Å². The number of hydrogen-bond acceptors (Lipinski definition) is 5. The number of ketones is 1. The summed E-state index contributed by atoms with van der Waals surface area (Å²) < 4.78 is 0. The molecule has 21 heavy (non-hydrogen) atoms. The van der Waals surface area contributed by atoms with Crippen molar-refractivity contribution in [3.63, 3.8) is 0 Å². The molecular weight excluding hydrogens is 274 g/mol. The summed E-state index contributed by atoms with van der Waals surface area (Å²) in [5.41, 5.74) is 0. The third-order valence-corrected chi connectivity index (χ3v) is 3.40. The van der Waals surface area contributed by atoms with Gasteiger partial charge in [-0.15, -0.1) is 5.06 Å². The topological polar surface area (TPSA) is 80.8 Å².